The van der Waals surface area contributed by atoms with E-state index in [2.05, 4.69) is 21.2 Å². The molecule has 0 saturated carbocycles. The van der Waals surface area contributed by atoms with Crippen LogP contribution in [0.1, 0.15) is 25.3 Å². The Morgan fingerprint density at radius 3 is 2.28 bits per heavy atom. The molecule has 3 aliphatic heterocycles. The number of carbonyl (C=O) groups excluding carboxylic acids is 1. The fourth-order valence-electron chi connectivity index (χ4n) is 3.85. The van der Waals surface area contributed by atoms with E-state index in [4.69, 9.17) is 0 Å². The molecule has 0 radical (unpaired) electrons. The van der Waals surface area contributed by atoms with Crippen molar-refractivity contribution in [2.75, 3.05) is 19.6 Å². The first-order valence-corrected chi connectivity index (χ1v) is 9.08. The van der Waals surface area contributed by atoms with Crippen molar-refractivity contribution in [3.63, 3.8) is 0 Å². The lowest BCUT2D eigenvalue weighted by Crippen LogP contribution is -2.75. The number of halogens is 4. The number of amides is 2. The fourth-order valence-corrected chi connectivity index (χ4v) is 4.12. The van der Waals surface area contributed by atoms with Gasteiger partial charge < -0.3 is 10.2 Å². The lowest BCUT2D eigenvalue weighted by Gasteiger charge is -2.61. The van der Waals surface area contributed by atoms with E-state index in [0.29, 0.717) is 13.1 Å². The molecule has 25 heavy (non-hydrogen) atoms. The number of piperazine rings is 1. The van der Waals surface area contributed by atoms with E-state index in [1.807, 2.05) is 38.1 Å². The third-order valence-corrected chi connectivity index (χ3v) is 5.34. The number of alkyl halides is 3. The monoisotopic (exact) mass is 419 g/mol. The molecule has 1 aromatic rings. The number of carbonyl (C=O) groups is 1. The van der Waals surface area contributed by atoms with Crippen LogP contribution in [0.4, 0.5) is 18.0 Å². The number of piperidine rings is 1. The van der Waals surface area contributed by atoms with Crippen LogP contribution in [-0.2, 0) is 0 Å². The smallest absolute Gasteiger partial charge is 0.336 e. The molecule has 2 amide bonds. The quantitative estimate of drug-likeness (QED) is 0.812. The number of nitrogens with one attached hydrogen (secondary N) is 1. The second-order valence-electron chi connectivity index (χ2n) is 7.01. The summed E-state index contributed by atoms with van der Waals surface area (Å²) in [5.41, 5.74) is 1.03. The SMILES string of the molecule is CC(C)NC(=O)N1C[C@@H]2C(c3ccc(Br)cc3)[C@H](C1)N2CC(F)(F)F. The minimum Gasteiger partial charge on any atom is -0.336 e. The van der Waals surface area contributed by atoms with Crippen molar-refractivity contribution < 1.29 is 18.0 Å². The molecule has 3 heterocycles. The number of urea groups is 1. The lowest BCUT2D eigenvalue weighted by molar-refractivity contribution is -0.191. The standard InChI is InChI=1S/C17H21BrF3N3O/c1-10(2)22-16(25)23-7-13-15(11-3-5-12(18)6-4-11)14(8-23)24(13)9-17(19,20)21/h3-6,10,13-15H,7-9H2,1-2H3,(H,22,25)/t13-,14+,15?. The zero-order valence-corrected chi connectivity index (χ0v) is 15.6. The Labute approximate surface area is 153 Å². The highest BCUT2D eigenvalue weighted by Gasteiger charge is 2.56. The highest BCUT2D eigenvalue weighted by molar-refractivity contribution is 9.10. The molecule has 0 aliphatic carbocycles. The summed E-state index contributed by atoms with van der Waals surface area (Å²) in [6, 6.07) is 6.89. The first-order valence-electron chi connectivity index (χ1n) is 8.29. The molecule has 4 nitrogen and oxygen atoms in total. The van der Waals surface area contributed by atoms with E-state index in [-0.39, 0.29) is 30.1 Å². The number of benzene rings is 1. The molecule has 1 aromatic carbocycles. The zero-order chi connectivity index (χ0) is 18.4. The number of fused-ring (bicyclic) bond motifs is 2. The van der Waals surface area contributed by atoms with Crippen LogP contribution in [0.25, 0.3) is 0 Å². The van der Waals surface area contributed by atoms with Crippen molar-refractivity contribution in [2.45, 2.75) is 44.1 Å². The normalized spacial score (nSPS) is 26.5. The summed E-state index contributed by atoms with van der Waals surface area (Å²) in [5, 5.41) is 2.82. The van der Waals surface area contributed by atoms with Gasteiger partial charge in [-0.3, -0.25) is 4.90 Å². The molecule has 3 fully saturated rings. The number of hydrogen-bond donors (Lipinski definition) is 1. The van der Waals surface area contributed by atoms with Gasteiger partial charge in [0.1, 0.15) is 0 Å². The summed E-state index contributed by atoms with van der Waals surface area (Å²) in [5.74, 6) is 0.0264. The lowest BCUT2D eigenvalue weighted by atomic mass is 9.72. The van der Waals surface area contributed by atoms with Gasteiger partial charge in [0.2, 0.25) is 0 Å². The van der Waals surface area contributed by atoms with Crippen molar-refractivity contribution in [2.24, 2.45) is 0 Å². The molecule has 0 spiro atoms. The van der Waals surface area contributed by atoms with Crippen LogP contribution in [-0.4, -0.2) is 59.8 Å². The Bertz CT molecular complexity index is 621. The van der Waals surface area contributed by atoms with Gasteiger partial charge in [0.15, 0.2) is 0 Å². The van der Waals surface area contributed by atoms with Crippen LogP contribution in [0.5, 0.6) is 0 Å². The van der Waals surface area contributed by atoms with Gasteiger partial charge in [-0.1, -0.05) is 28.1 Å². The Kier molecular flexibility index (Phi) is 5.03. The first-order chi connectivity index (χ1) is 11.7. The number of hydrogen-bond acceptors (Lipinski definition) is 2. The minimum atomic E-state index is -4.23. The number of rotatable bonds is 3. The van der Waals surface area contributed by atoms with Gasteiger partial charge in [0.05, 0.1) is 6.54 Å². The van der Waals surface area contributed by atoms with E-state index in [0.717, 1.165) is 10.0 Å². The Hall–Kier alpha value is -1.28. The van der Waals surface area contributed by atoms with Crippen molar-refractivity contribution in [1.82, 2.24) is 15.1 Å². The van der Waals surface area contributed by atoms with Crippen molar-refractivity contribution in [1.29, 1.82) is 0 Å². The molecule has 3 atom stereocenters. The molecule has 4 rings (SSSR count). The third kappa shape index (κ3) is 3.95. The maximum atomic E-state index is 12.9. The topological polar surface area (TPSA) is 35.6 Å². The maximum absolute atomic E-state index is 12.9. The Morgan fingerprint density at radius 2 is 1.80 bits per heavy atom. The molecule has 0 aromatic heterocycles. The fraction of sp³-hybridized carbons (Fsp3) is 0.588. The van der Waals surface area contributed by atoms with Gasteiger partial charge in [-0.25, -0.2) is 4.79 Å². The maximum Gasteiger partial charge on any atom is 0.401 e. The highest BCUT2D eigenvalue weighted by Crippen LogP contribution is 2.46. The minimum absolute atomic E-state index is 0.000647. The van der Waals surface area contributed by atoms with Gasteiger partial charge in [-0.15, -0.1) is 0 Å². The molecule has 138 valence electrons. The number of nitrogens with zero attached hydrogens (tertiary/aromatic N) is 2. The predicted molar refractivity (Wildman–Crippen MR) is 92.5 cm³/mol. The average molecular weight is 420 g/mol. The predicted octanol–water partition coefficient (Wildman–Crippen LogP) is 3.58. The van der Waals surface area contributed by atoms with Gasteiger partial charge >= 0.3 is 12.2 Å². The molecule has 2 bridgehead atoms. The summed E-state index contributed by atoms with van der Waals surface area (Å²) in [6.07, 6.45) is -4.23. The van der Waals surface area contributed by atoms with E-state index in [9.17, 15) is 18.0 Å². The van der Waals surface area contributed by atoms with Gasteiger partial charge in [-0.05, 0) is 31.5 Å². The Balaban J connectivity index is 1.77. The van der Waals surface area contributed by atoms with Crippen molar-refractivity contribution in [3.05, 3.63) is 34.3 Å². The van der Waals surface area contributed by atoms with Crippen LogP contribution in [0.3, 0.4) is 0 Å². The summed E-state index contributed by atoms with van der Waals surface area (Å²) >= 11 is 3.38. The molecule has 3 saturated heterocycles. The van der Waals surface area contributed by atoms with Gasteiger partial charge in [0.25, 0.3) is 0 Å². The molecule has 3 aliphatic rings. The second kappa shape index (κ2) is 6.79. The third-order valence-electron chi connectivity index (χ3n) is 4.81. The highest BCUT2D eigenvalue weighted by atomic mass is 79.9. The van der Waals surface area contributed by atoms with E-state index in [1.165, 1.54) is 4.90 Å². The van der Waals surface area contributed by atoms with Crippen molar-refractivity contribution in [3.8, 4) is 0 Å². The summed E-state index contributed by atoms with van der Waals surface area (Å²) in [4.78, 5) is 15.4. The van der Waals surface area contributed by atoms with Gasteiger partial charge in [0, 0.05) is 41.6 Å². The van der Waals surface area contributed by atoms with E-state index >= 15 is 0 Å². The molecule has 1 unspecified atom stereocenters. The van der Waals surface area contributed by atoms with E-state index in [1.54, 1.807) is 4.90 Å². The van der Waals surface area contributed by atoms with Crippen LogP contribution >= 0.6 is 15.9 Å². The van der Waals surface area contributed by atoms with E-state index < -0.39 is 12.7 Å². The van der Waals surface area contributed by atoms with Gasteiger partial charge in [-0.2, -0.15) is 13.2 Å². The zero-order valence-electron chi connectivity index (χ0n) is 14.1. The van der Waals surface area contributed by atoms with Crippen LogP contribution in [0, 0.1) is 0 Å². The summed E-state index contributed by atoms with van der Waals surface area (Å²) in [6.45, 7) is 3.43. The van der Waals surface area contributed by atoms with Crippen LogP contribution < -0.4 is 5.32 Å². The second-order valence-corrected chi connectivity index (χ2v) is 7.92. The summed E-state index contributed by atoms with van der Waals surface area (Å²) in [7, 11) is 0. The van der Waals surface area contributed by atoms with Crippen LogP contribution in [0.15, 0.2) is 28.7 Å². The Morgan fingerprint density at radius 1 is 1.24 bits per heavy atom. The molecular formula is C17H21BrF3N3O. The average Bonchev–Trinajstić information content (AvgIpc) is 2.52. The van der Waals surface area contributed by atoms with Crippen LogP contribution in [0.2, 0.25) is 0 Å². The summed E-state index contributed by atoms with van der Waals surface area (Å²) < 4.78 is 39.6. The molecule has 1 N–H and O–H groups in total. The van der Waals surface area contributed by atoms with Crippen molar-refractivity contribution >= 4 is 22.0 Å². The first kappa shape index (κ1) is 18.5. The molecule has 8 heteroatoms. The molecular weight excluding hydrogens is 399 g/mol. The largest absolute Gasteiger partial charge is 0.401 e.